The number of fused-ring (bicyclic) bond motifs is 1. The molecule has 0 aromatic heterocycles. The van der Waals surface area contributed by atoms with Crippen molar-refractivity contribution in [1.82, 2.24) is 4.72 Å². The van der Waals surface area contributed by atoms with Crippen LogP contribution < -0.4 is 15.4 Å². The van der Waals surface area contributed by atoms with Crippen molar-refractivity contribution in [2.45, 2.75) is 17.5 Å². The molecule has 1 atom stereocenters. The van der Waals surface area contributed by atoms with Crippen LogP contribution in [0.2, 0.25) is 0 Å². The molecule has 1 aliphatic heterocycles. The molecule has 10 nitrogen and oxygen atoms in total. The van der Waals surface area contributed by atoms with Crippen molar-refractivity contribution in [2.24, 2.45) is 0 Å². The topological polar surface area (TPSA) is 151 Å². The van der Waals surface area contributed by atoms with Gasteiger partial charge < -0.3 is 15.7 Å². The maximum atomic E-state index is 12.4. The molecule has 2 aromatic carbocycles. The zero-order valence-corrected chi connectivity index (χ0v) is 14.7. The minimum absolute atomic E-state index is 0.0544. The van der Waals surface area contributed by atoms with E-state index in [0.29, 0.717) is 5.69 Å². The summed E-state index contributed by atoms with van der Waals surface area (Å²) in [7, 11) is -3.83. The molecule has 142 valence electrons. The molecule has 1 aliphatic rings. The zero-order valence-electron chi connectivity index (χ0n) is 13.9. The van der Waals surface area contributed by atoms with Gasteiger partial charge >= 0.3 is 0 Å². The van der Waals surface area contributed by atoms with Gasteiger partial charge in [0.15, 0.2) is 0 Å². The lowest BCUT2D eigenvalue weighted by Crippen LogP contribution is -2.42. The minimum Gasteiger partial charge on any atom is -0.394 e. The molecular weight excluding hydrogens is 376 g/mol. The van der Waals surface area contributed by atoms with Crippen LogP contribution in [0.3, 0.4) is 0 Å². The third-order valence-electron chi connectivity index (χ3n) is 4.00. The summed E-state index contributed by atoms with van der Waals surface area (Å²) in [5, 5.41) is 25.7. The Bertz CT molecular complexity index is 993. The molecule has 4 N–H and O–H groups in total. The van der Waals surface area contributed by atoms with Crippen molar-refractivity contribution < 1.29 is 23.2 Å². The number of hydrogen-bond acceptors (Lipinski definition) is 7. The Hall–Kier alpha value is -3.02. The first-order valence-corrected chi connectivity index (χ1v) is 9.34. The number of benzene rings is 2. The maximum absolute atomic E-state index is 12.4. The lowest BCUT2D eigenvalue weighted by Gasteiger charge is -2.27. The molecule has 0 aliphatic carbocycles. The number of nitro groups is 1. The third-order valence-corrected chi connectivity index (χ3v) is 5.41. The number of sulfonamides is 1. The molecule has 1 unspecified atom stereocenters. The van der Waals surface area contributed by atoms with E-state index in [0.717, 1.165) is 0 Å². The van der Waals surface area contributed by atoms with Gasteiger partial charge in [0.1, 0.15) is 6.04 Å². The second-order valence-electron chi connectivity index (χ2n) is 5.79. The van der Waals surface area contributed by atoms with Crippen LogP contribution in [-0.4, -0.2) is 37.0 Å². The average molecular weight is 392 g/mol. The summed E-state index contributed by atoms with van der Waals surface area (Å²) in [6, 6.07) is 9.12. The van der Waals surface area contributed by atoms with Crippen LogP contribution in [0.25, 0.3) is 0 Å². The number of hydrogen-bond donors (Lipinski definition) is 4. The Kier molecular flexibility index (Phi) is 5.08. The second-order valence-corrected chi connectivity index (χ2v) is 7.56. The number of rotatable bonds is 6. The first-order chi connectivity index (χ1) is 12.8. The molecule has 2 aromatic rings. The molecule has 0 fully saturated rings. The fraction of sp³-hybridized carbons (Fsp3) is 0.188. The summed E-state index contributed by atoms with van der Waals surface area (Å²) in [5.74, 6) is -0.540. The third kappa shape index (κ3) is 3.89. The first-order valence-electron chi connectivity index (χ1n) is 7.86. The molecule has 27 heavy (non-hydrogen) atoms. The van der Waals surface area contributed by atoms with Gasteiger partial charge in [-0.2, -0.15) is 0 Å². The van der Waals surface area contributed by atoms with E-state index >= 15 is 0 Å². The Balaban J connectivity index is 1.95. The Morgan fingerprint density at radius 1 is 1.22 bits per heavy atom. The molecule has 0 bridgehead atoms. The molecular formula is C16H16N4O6S. The van der Waals surface area contributed by atoms with E-state index in [1.54, 1.807) is 18.2 Å². The summed E-state index contributed by atoms with van der Waals surface area (Å²) in [6.07, 6.45) is 0. The first kappa shape index (κ1) is 18.8. The molecule has 0 radical (unpaired) electrons. The number of aliphatic hydroxyl groups excluding tert-OH is 1. The van der Waals surface area contributed by atoms with E-state index in [1.165, 1.54) is 24.3 Å². The predicted molar refractivity (Wildman–Crippen MR) is 96.7 cm³/mol. The minimum atomic E-state index is -3.83. The highest BCUT2D eigenvalue weighted by Crippen LogP contribution is 2.35. The maximum Gasteiger partial charge on any atom is 0.271 e. The molecule has 1 heterocycles. The van der Waals surface area contributed by atoms with E-state index in [9.17, 15) is 28.4 Å². The van der Waals surface area contributed by atoms with Crippen molar-refractivity contribution in [3.63, 3.8) is 0 Å². The van der Waals surface area contributed by atoms with Crippen LogP contribution in [0.15, 0.2) is 47.4 Å². The van der Waals surface area contributed by atoms with Gasteiger partial charge in [0.25, 0.3) is 5.69 Å². The monoisotopic (exact) mass is 392 g/mol. The highest BCUT2D eigenvalue weighted by molar-refractivity contribution is 7.89. The van der Waals surface area contributed by atoms with Crippen molar-refractivity contribution >= 4 is 33.0 Å². The van der Waals surface area contributed by atoms with Crippen LogP contribution in [-0.2, 0) is 21.4 Å². The van der Waals surface area contributed by atoms with Gasteiger partial charge in [-0.15, -0.1) is 0 Å². The van der Waals surface area contributed by atoms with Gasteiger partial charge in [-0.25, -0.2) is 13.1 Å². The van der Waals surface area contributed by atoms with Crippen LogP contribution in [0.4, 0.5) is 17.1 Å². The average Bonchev–Trinajstić information content (AvgIpc) is 2.66. The standard InChI is InChI=1S/C16H16N4O6S/c21-9-14-16(22)19-13-7-11(20(23)24)6-10(15(13)18-14)8-17-27(25,26)12-4-2-1-3-5-12/h1-7,14,17-18,21H,8-9H2,(H,19,22). The van der Waals surface area contributed by atoms with Crippen molar-refractivity contribution in [3.8, 4) is 0 Å². The highest BCUT2D eigenvalue weighted by atomic mass is 32.2. The number of aliphatic hydroxyl groups is 1. The normalized spacial score (nSPS) is 16.2. The predicted octanol–water partition coefficient (Wildman–Crippen LogP) is 0.798. The fourth-order valence-corrected chi connectivity index (χ4v) is 3.67. The summed E-state index contributed by atoms with van der Waals surface area (Å²) in [6.45, 7) is -0.736. The Morgan fingerprint density at radius 2 is 1.93 bits per heavy atom. The van der Waals surface area contributed by atoms with Gasteiger partial charge in [-0.05, 0) is 17.7 Å². The second kappa shape index (κ2) is 7.31. The van der Waals surface area contributed by atoms with Crippen molar-refractivity contribution in [3.05, 3.63) is 58.1 Å². The number of nitrogens with one attached hydrogen (secondary N) is 3. The summed E-state index contributed by atoms with van der Waals surface area (Å²) in [4.78, 5) is 22.4. The SMILES string of the molecule is O=C1Nc2cc([N+](=O)[O-])cc(CNS(=O)(=O)c3ccccc3)c2NC1CO. The van der Waals surface area contributed by atoms with Gasteiger partial charge in [0.05, 0.1) is 27.8 Å². The van der Waals surface area contributed by atoms with Gasteiger partial charge in [0.2, 0.25) is 15.9 Å². The van der Waals surface area contributed by atoms with Crippen LogP contribution in [0.5, 0.6) is 0 Å². The van der Waals surface area contributed by atoms with E-state index in [2.05, 4.69) is 15.4 Å². The number of nitro benzene ring substituents is 1. The fourth-order valence-electron chi connectivity index (χ4n) is 2.64. The highest BCUT2D eigenvalue weighted by Gasteiger charge is 2.29. The van der Waals surface area contributed by atoms with Crippen molar-refractivity contribution in [1.29, 1.82) is 0 Å². The lowest BCUT2D eigenvalue weighted by atomic mass is 10.1. The van der Waals surface area contributed by atoms with E-state index in [-0.39, 0.29) is 28.4 Å². The van der Waals surface area contributed by atoms with Gasteiger partial charge in [-0.3, -0.25) is 14.9 Å². The molecule has 0 saturated carbocycles. The largest absolute Gasteiger partial charge is 0.394 e. The van der Waals surface area contributed by atoms with Crippen molar-refractivity contribution in [2.75, 3.05) is 17.2 Å². The van der Waals surface area contributed by atoms with Crippen LogP contribution in [0.1, 0.15) is 5.56 Å². The summed E-state index contributed by atoms with van der Waals surface area (Å²) in [5.41, 5.74) is 0.423. The summed E-state index contributed by atoms with van der Waals surface area (Å²) >= 11 is 0. The Morgan fingerprint density at radius 3 is 2.56 bits per heavy atom. The zero-order chi connectivity index (χ0) is 19.6. The lowest BCUT2D eigenvalue weighted by molar-refractivity contribution is -0.384. The number of carbonyl (C=O) groups excluding carboxylic acids is 1. The van der Waals surface area contributed by atoms with Crippen LogP contribution >= 0.6 is 0 Å². The number of non-ortho nitro benzene ring substituents is 1. The quantitative estimate of drug-likeness (QED) is 0.419. The number of anilines is 2. The molecule has 11 heteroatoms. The van der Waals surface area contributed by atoms with E-state index in [4.69, 9.17) is 0 Å². The number of amides is 1. The van der Waals surface area contributed by atoms with Crippen LogP contribution in [0, 0.1) is 10.1 Å². The number of nitrogens with zero attached hydrogens (tertiary/aromatic N) is 1. The van der Waals surface area contributed by atoms with E-state index < -0.39 is 33.5 Å². The number of carbonyl (C=O) groups is 1. The molecule has 3 rings (SSSR count). The summed E-state index contributed by atoms with van der Waals surface area (Å²) < 4.78 is 27.2. The smallest absolute Gasteiger partial charge is 0.271 e. The molecule has 1 amide bonds. The Labute approximate surface area is 154 Å². The molecule has 0 spiro atoms. The van der Waals surface area contributed by atoms with Gasteiger partial charge in [0, 0.05) is 18.7 Å². The van der Waals surface area contributed by atoms with E-state index in [1.807, 2.05) is 0 Å². The van der Waals surface area contributed by atoms with Gasteiger partial charge in [-0.1, -0.05) is 18.2 Å². The molecule has 0 saturated heterocycles.